The quantitative estimate of drug-likeness (QED) is 0.766. The second-order valence-electron chi connectivity index (χ2n) is 2.13. The molecule has 4 heteroatoms. The van der Waals surface area contributed by atoms with Crippen molar-refractivity contribution in [2.75, 3.05) is 6.61 Å². The maximum atomic E-state index is 8.56. The van der Waals surface area contributed by atoms with Crippen LogP contribution < -0.4 is 5.73 Å². The summed E-state index contributed by atoms with van der Waals surface area (Å²) in [6.07, 6.45) is 0.653. The third-order valence-corrected chi connectivity index (χ3v) is 2.35. The summed E-state index contributed by atoms with van der Waals surface area (Å²) in [4.78, 5) is 1.15. The molecule has 0 bridgehead atoms. The van der Waals surface area contributed by atoms with Gasteiger partial charge in [0, 0.05) is 17.5 Å². The van der Waals surface area contributed by atoms with E-state index in [0.717, 1.165) is 4.88 Å². The maximum absolute atomic E-state index is 8.56. The highest BCUT2D eigenvalue weighted by molar-refractivity contribution is 7.10. The summed E-state index contributed by atoms with van der Waals surface area (Å²) >= 11 is 1.63. The van der Waals surface area contributed by atoms with E-state index in [4.69, 9.17) is 10.8 Å². The fourth-order valence-electron chi connectivity index (χ4n) is 0.784. The molecule has 1 heterocycles. The predicted molar refractivity (Wildman–Crippen MR) is 50.2 cm³/mol. The molecule has 0 saturated heterocycles. The first kappa shape index (κ1) is 10.9. The van der Waals surface area contributed by atoms with Crippen LogP contribution in [0.2, 0.25) is 0 Å². The fourth-order valence-corrected chi connectivity index (χ4v) is 1.55. The maximum Gasteiger partial charge on any atom is 0.0449 e. The van der Waals surface area contributed by atoms with Crippen molar-refractivity contribution in [1.29, 1.82) is 0 Å². The second-order valence-corrected chi connectivity index (χ2v) is 3.11. The van der Waals surface area contributed by atoms with E-state index in [1.165, 1.54) is 0 Å². The molecular formula is C7H12ClNOS. The zero-order valence-corrected chi connectivity index (χ0v) is 7.70. The Labute approximate surface area is 76.5 Å². The zero-order valence-electron chi connectivity index (χ0n) is 6.06. The highest BCUT2D eigenvalue weighted by Gasteiger charge is 2.04. The average Bonchev–Trinajstić information content (AvgIpc) is 2.38. The SMILES string of the molecule is Cl.NC(CCO)c1cccs1. The average molecular weight is 194 g/mol. The van der Waals surface area contributed by atoms with Crippen LogP contribution in [0.3, 0.4) is 0 Å². The van der Waals surface area contributed by atoms with Crippen LogP contribution in [-0.4, -0.2) is 11.7 Å². The molecule has 1 aromatic rings. The molecule has 0 amide bonds. The monoisotopic (exact) mass is 193 g/mol. The lowest BCUT2D eigenvalue weighted by Gasteiger charge is -2.05. The third kappa shape index (κ3) is 3.20. The Kier molecular flexibility index (Phi) is 5.50. The van der Waals surface area contributed by atoms with Crippen LogP contribution >= 0.6 is 23.7 Å². The van der Waals surface area contributed by atoms with Gasteiger partial charge in [0.15, 0.2) is 0 Å². The molecule has 3 N–H and O–H groups in total. The smallest absolute Gasteiger partial charge is 0.0449 e. The van der Waals surface area contributed by atoms with Gasteiger partial charge in [-0.3, -0.25) is 0 Å². The Morgan fingerprint density at radius 1 is 1.64 bits per heavy atom. The first-order valence-corrected chi connectivity index (χ1v) is 4.12. The lowest BCUT2D eigenvalue weighted by Crippen LogP contribution is -2.09. The van der Waals surface area contributed by atoms with Crippen LogP contribution in [0.5, 0.6) is 0 Å². The Morgan fingerprint density at radius 3 is 2.82 bits per heavy atom. The Bertz CT molecular complexity index is 179. The van der Waals surface area contributed by atoms with Gasteiger partial charge in [0.1, 0.15) is 0 Å². The Morgan fingerprint density at radius 2 is 2.36 bits per heavy atom. The van der Waals surface area contributed by atoms with Crippen LogP contribution in [0.15, 0.2) is 17.5 Å². The van der Waals surface area contributed by atoms with Crippen LogP contribution in [-0.2, 0) is 0 Å². The van der Waals surface area contributed by atoms with Crippen molar-refractivity contribution >= 4 is 23.7 Å². The molecule has 1 rings (SSSR count). The Hall–Kier alpha value is -0.0900. The van der Waals surface area contributed by atoms with Gasteiger partial charge >= 0.3 is 0 Å². The number of hydrogen-bond acceptors (Lipinski definition) is 3. The first-order valence-electron chi connectivity index (χ1n) is 3.24. The molecule has 0 spiro atoms. The van der Waals surface area contributed by atoms with Crippen molar-refractivity contribution in [2.45, 2.75) is 12.5 Å². The number of aliphatic hydroxyl groups excluding tert-OH is 1. The number of nitrogens with two attached hydrogens (primary N) is 1. The zero-order chi connectivity index (χ0) is 7.40. The van der Waals surface area contributed by atoms with Gasteiger partial charge in [0.2, 0.25) is 0 Å². The molecule has 0 aliphatic rings. The van der Waals surface area contributed by atoms with Crippen LogP contribution in [0.25, 0.3) is 0 Å². The molecule has 0 saturated carbocycles. The summed E-state index contributed by atoms with van der Waals surface area (Å²) < 4.78 is 0. The van der Waals surface area contributed by atoms with Crippen LogP contribution in [0, 0.1) is 0 Å². The van der Waals surface area contributed by atoms with Crippen LogP contribution in [0.1, 0.15) is 17.3 Å². The minimum Gasteiger partial charge on any atom is -0.396 e. The van der Waals surface area contributed by atoms with E-state index < -0.39 is 0 Å². The Balaban J connectivity index is 0.000001000. The van der Waals surface area contributed by atoms with Crippen LogP contribution in [0.4, 0.5) is 0 Å². The summed E-state index contributed by atoms with van der Waals surface area (Å²) in [5, 5.41) is 10.6. The second kappa shape index (κ2) is 5.55. The van der Waals surface area contributed by atoms with Gasteiger partial charge in [0.05, 0.1) is 0 Å². The van der Waals surface area contributed by atoms with Gasteiger partial charge in [0.25, 0.3) is 0 Å². The fraction of sp³-hybridized carbons (Fsp3) is 0.429. The molecule has 0 aliphatic carbocycles. The van der Waals surface area contributed by atoms with Gasteiger partial charge in [-0.1, -0.05) is 6.07 Å². The molecule has 1 unspecified atom stereocenters. The van der Waals surface area contributed by atoms with Crippen molar-refractivity contribution in [3.63, 3.8) is 0 Å². The van der Waals surface area contributed by atoms with E-state index in [1.807, 2.05) is 17.5 Å². The molecule has 64 valence electrons. The van der Waals surface area contributed by atoms with Gasteiger partial charge in [-0.2, -0.15) is 0 Å². The van der Waals surface area contributed by atoms with E-state index >= 15 is 0 Å². The molecule has 1 aromatic heterocycles. The molecule has 0 radical (unpaired) electrons. The molecule has 11 heavy (non-hydrogen) atoms. The number of hydrogen-bond donors (Lipinski definition) is 2. The number of rotatable bonds is 3. The van der Waals surface area contributed by atoms with E-state index in [0.29, 0.717) is 6.42 Å². The first-order chi connectivity index (χ1) is 4.84. The topological polar surface area (TPSA) is 46.2 Å². The summed E-state index contributed by atoms with van der Waals surface area (Å²) in [6, 6.07) is 3.98. The van der Waals surface area contributed by atoms with Crippen molar-refractivity contribution in [3.8, 4) is 0 Å². The van der Waals surface area contributed by atoms with Crippen molar-refractivity contribution < 1.29 is 5.11 Å². The largest absolute Gasteiger partial charge is 0.396 e. The van der Waals surface area contributed by atoms with E-state index in [2.05, 4.69) is 0 Å². The summed E-state index contributed by atoms with van der Waals surface area (Å²) in [5.74, 6) is 0. The molecular weight excluding hydrogens is 182 g/mol. The minimum absolute atomic E-state index is 0. The normalized spacial score (nSPS) is 12.2. The highest BCUT2D eigenvalue weighted by Crippen LogP contribution is 2.18. The molecule has 0 aromatic carbocycles. The lowest BCUT2D eigenvalue weighted by molar-refractivity contribution is 0.277. The van der Waals surface area contributed by atoms with Gasteiger partial charge in [-0.15, -0.1) is 23.7 Å². The summed E-state index contributed by atoms with van der Waals surface area (Å²) in [6.45, 7) is 0.166. The summed E-state index contributed by atoms with van der Waals surface area (Å²) in [5.41, 5.74) is 5.70. The molecule has 1 atom stereocenters. The molecule has 2 nitrogen and oxygen atoms in total. The van der Waals surface area contributed by atoms with Crippen molar-refractivity contribution in [3.05, 3.63) is 22.4 Å². The van der Waals surface area contributed by atoms with Crippen molar-refractivity contribution in [2.24, 2.45) is 5.73 Å². The van der Waals surface area contributed by atoms with E-state index in [1.54, 1.807) is 11.3 Å². The third-order valence-electron chi connectivity index (χ3n) is 1.35. The number of thiophene rings is 1. The van der Waals surface area contributed by atoms with Crippen molar-refractivity contribution in [1.82, 2.24) is 0 Å². The molecule has 0 aliphatic heterocycles. The standard InChI is InChI=1S/C7H11NOS.ClH/c8-6(3-4-9)7-2-1-5-10-7;/h1-2,5-6,9H,3-4,8H2;1H. The van der Waals surface area contributed by atoms with Gasteiger partial charge in [-0.05, 0) is 17.9 Å². The van der Waals surface area contributed by atoms with Gasteiger partial charge < -0.3 is 10.8 Å². The lowest BCUT2D eigenvalue weighted by atomic mass is 10.2. The predicted octanol–water partition coefficient (Wildman–Crippen LogP) is 1.55. The molecule has 0 fully saturated rings. The number of halogens is 1. The van der Waals surface area contributed by atoms with E-state index in [-0.39, 0.29) is 25.1 Å². The minimum atomic E-state index is 0. The highest BCUT2D eigenvalue weighted by atomic mass is 35.5. The summed E-state index contributed by atoms with van der Waals surface area (Å²) in [7, 11) is 0. The van der Waals surface area contributed by atoms with Gasteiger partial charge in [-0.25, -0.2) is 0 Å². The number of aliphatic hydroxyl groups is 1. The van der Waals surface area contributed by atoms with E-state index in [9.17, 15) is 0 Å².